The molecule has 0 radical (unpaired) electrons. The van der Waals surface area contributed by atoms with Gasteiger partial charge in [-0.2, -0.15) is 0 Å². The number of ether oxygens (including phenoxy) is 1. The SMILES string of the molecule is COC(=O)[C@@H](NC(=O)c1ccco1)c1cc(F)ccc1F. The quantitative estimate of drug-likeness (QED) is 0.878. The Labute approximate surface area is 118 Å². The van der Waals surface area contributed by atoms with E-state index in [0.29, 0.717) is 0 Å². The highest BCUT2D eigenvalue weighted by Crippen LogP contribution is 2.20. The van der Waals surface area contributed by atoms with Gasteiger partial charge in [0.15, 0.2) is 11.8 Å². The summed E-state index contributed by atoms with van der Waals surface area (Å²) >= 11 is 0. The highest BCUT2D eigenvalue weighted by atomic mass is 19.1. The van der Waals surface area contributed by atoms with Gasteiger partial charge in [0.25, 0.3) is 5.91 Å². The molecule has 1 aromatic carbocycles. The predicted octanol–water partition coefficient (Wildman–Crippen LogP) is 2.20. The number of furan rings is 1. The summed E-state index contributed by atoms with van der Waals surface area (Å²) in [5, 5.41) is 2.24. The fourth-order valence-electron chi connectivity index (χ4n) is 1.73. The topological polar surface area (TPSA) is 68.5 Å². The Hall–Kier alpha value is -2.70. The number of esters is 1. The van der Waals surface area contributed by atoms with E-state index < -0.39 is 29.6 Å². The molecule has 1 heterocycles. The van der Waals surface area contributed by atoms with Crippen LogP contribution in [0, 0.1) is 11.6 Å². The lowest BCUT2D eigenvalue weighted by Gasteiger charge is -2.16. The van der Waals surface area contributed by atoms with Gasteiger partial charge in [-0.3, -0.25) is 4.79 Å². The van der Waals surface area contributed by atoms with E-state index in [1.807, 2.05) is 0 Å². The second kappa shape index (κ2) is 6.17. The molecule has 2 rings (SSSR count). The number of carbonyl (C=O) groups excluding carboxylic acids is 2. The van der Waals surface area contributed by atoms with Crippen molar-refractivity contribution in [3.05, 3.63) is 59.6 Å². The van der Waals surface area contributed by atoms with E-state index in [1.54, 1.807) is 0 Å². The van der Waals surface area contributed by atoms with Crippen molar-refractivity contribution in [3.63, 3.8) is 0 Å². The Morgan fingerprint density at radius 1 is 1.29 bits per heavy atom. The smallest absolute Gasteiger partial charge is 0.333 e. The molecule has 0 fully saturated rings. The van der Waals surface area contributed by atoms with E-state index in [9.17, 15) is 18.4 Å². The van der Waals surface area contributed by atoms with Gasteiger partial charge in [0, 0.05) is 5.56 Å². The number of hydrogen-bond acceptors (Lipinski definition) is 4. The molecule has 7 heteroatoms. The molecule has 0 unspecified atom stereocenters. The van der Waals surface area contributed by atoms with Crippen molar-refractivity contribution < 1.29 is 27.5 Å². The first kappa shape index (κ1) is 14.7. The molecule has 1 aromatic heterocycles. The van der Waals surface area contributed by atoms with Crippen LogP contribution in [-0.4, -0.2) is 19.0 Å². The third kappa shape index (κ3) is 3.25. The fraction of sp³-hybridized carbons (Fsp3) is 0.143. The summed E-state index contributed by atoms with van der Waals surface area (Å²) in [4.78, 5) is 23.6. The summed E-state index contributed by atoms with van der Waals surface area (Å²) in [7, 11) is 1.07. The number of hydrogen-bond donors (Lipinski definition) is 1. The molecular formula is C14H11F2NO4. The van der Waals surface area contributed by atoms with Crippen molar-refractivity contribution in [2.45, 2.75) is 6.04 Å². The maximum atomic E-state index is 13.8. The van der Waals surface area contributed by atoms with E-state index in [2.05, 4.69) is 10.1 Å². The lowest BCUT2D eigenvalue weighted by Crippen LogP contribution is -2.35. The second-order valence-corrected chi connectivity index (χ2v) is 4.07. The minimum Gasteiger partial charge on any atom is -0.467 e. The van der Waals surface area contributed by atoms with Crippen molar-refractivity contribution in [1.29, 1.82) is 0 Å². The molecule has 0 aliphatic carbocycles. The molecule has 110 valence electrons. The van der Waals surface area contributed by atoms with Gasteiger partial charge in [0.1, 0.15) is 11.6 Å². The summed E-state index contributed by atoms with van der Waals surface area (Å²) in [6, 6.07) is 3.94. The maximum absolute atomic E-state index is 13.8. The van der Waals surface area contributed by atoms with Gasteiger partial charge in [-0.1, -0.05) is 0 Å². The van der Waals surface area contributed by atoms with Crippen LogP contribution in [0.15, 0.2) is 41.0 Å². The van der Waals surface area contributed by atoms with Gasteiger partial charge >= 0.3 is 5.97 Å². The molecule has 1 N–H and O–H groups in total. The van der Waals surface area contributed by atoms with Crippen molar-refractivity contribution in [3.8, 4) is 0 Å². The van der Waals surface area contributed by atoms with Crippen LogP contribution in [0.5, 0.6) is 0 Å². The monoisotopic (exact) mass is 295 g/mol. The number of carbonyl (C=O) groups is 2. The highest BCUT2D eigenvalue weighted by molar-refractivity contribution is 5.94. The Kier molecular flexibility index (Phi) is 4.32. The molecule has 21 heavy (non-hydrogen) atoms. The number of benzene rings is 1. The third-order valence-corrected chi connectivity index (χ3v) is 2.73. The first-order chi connectivity index (χ1) is 10.0. The van der Waals surface area contributed by atoms with Gasteiger partial charge in [-0.25, -0.2) is 13.6 Å². The molecule has 2 aromatic rings. The first-order valence-corrected chi connectivity index (χ1v) is 5.90. The zero-order chi connectivity index (χ0) is 15.4. The zero-order valence-corrected chi connectivity index (χ0v) is 10.9. The number of nitrogens with one attached hydrogen (secondary N) is 1. The van der Waals surface area contributed by atoms with Crippen LogP contribution >= 0.6 is 0 Å². The van der Waals surface area contributed by atoms with E-state index in [1.165, 1.54) is 18.4 Å². The van der Waals surface area contributed by atoms with Crippen LogP contribution in [0.1, 0.15) is 22.2 Å². The zero-order valence-electron chi connectivity index (χ0n) is 10.9. The normalized spacial score (nSPS) is 11.8. The van der Waals surface area contributed by atoms with Gasteiger partial charge in [-0.05, 0) is 30.3 Å². The van der Waals surface area contributed by atoms with Crippen molar-refractivity contribution in [1.82, 2.24) is 5.32 Å². The highest BCUT2D eigenvalue weighted by Gasteiger charge is 2.28. The Bertz CT molecular complexity index is 655. The number of rotatable bonds is 4. The molecule has 0 saturated carbocycles. The lowest BCUT2D eigenvalue weighted by atomic mass is 10.1. The van der Waals surface area contributed by atoms with Crippen LogP contribution < -0.4 is 5.32 Å². The fourth-order valence-corrected chi connectivity index (χ4v) is 1.73. The Morgan fingerprint density at radius 2 is 2.05 bits per heavy atom. The second-order valence-electron chi connectivity index (χ2n) is 4.07. The van der Waals surface area contributed by atoms with Gasteiger partial charge in [0.05, 0.1) is 13.4 Å². The van der Waals surface area contributed by atoms with Crippen LogP contribution in [-0.2, 0) is 9.53 Å². The van der Waals surface area contributed by atoms with Crippen LogP contribution in [0.3, 0.4) is 0 Å². The van der Waals surface area contributed by atoms with Gasteiger partial charge in [-0.15, -0.1) is 0 Å². The minimum atomic E-state index is -1.48. The average molecular weight is 295 g/mol. The van der Waals surface area contributed by atoms with Gasteiger partial charge in [0.2, 0.25) is 0 Å². The average Bonchev–Trinajstić information content (AvgIpc) is 3.01. The molecule has 1 amide bonds. The maximum Gasteiger partial charge on any atom is 0.333 e. The summed E-state index contributed by atoms with van der Waals surface area (Å²) in [6.45, 7) is 0. The van der Waals surface area contributed by atoms with E-state index >= 15 is 0 Å². The molecular weight excluding hydrogens is 284 g/mol. The largest absolute Gasteiger partial charge is 0.467 e. The standard InChI is InChI=1S/C14H11F2NO4/c1-20-14(19)12(9-7-8(15)4-5-10(9)16)17-13(18)11-3-2-6-21-11/h2-7,12H,1H3,(H,17,18)/t12-/m0/s1. The Balaban J connectivity index is 2.33. The molecule has 0 aliphatic heterocycles. The summed E-state index contributed by atoms with van der Waals surface area (Å²) in [5.41, 5.74) is -0.332. The molecule has 1 atom stereocenters. The molecule has 0 saturated heterocycles. The minimum absolute atomic E-state index is 0.0688. The Morgan fingerprint density at radius 3 is 2.67 bits per heavy atom. The number of halogens is 2. The number of amides is 1. The first-order valence-electron chi connectivity index (χ1n) is 5.90. The molecule has 0 spiro atoms. The van der Waals surface area contributed by atoms with Crippen LogP contribution in [0.4, 0.5) is 8.78 Å². The molecule has 0 bridgehead atoms. The van der Waals surface area contributed by atoms with Gasteiger partial charge < -0.3 is 14.5 Å². The van der Waals surface area contributed by atoms with Crippen LogP contribution in [0.25, 0.3) is 0 Å². The number of methoxy groups -OCH3 is 1. The lowest BCUT2D eigenvalue weighted by molar-refractivity contribution is -0.143. The van der Waals surface area contributed by atoms with Crippen molar-refractivity contribution in [2.75, 3.05) is 7.11 Å². The van der Waals surface area contributed by atoms with Crippen LogP contribution in [0.2, 0.25) is 0 Å². The summed E-state index contributed by atoms with van der Waals surface area (Å²) in [6.07, 6.45) is 1.27. The third-order valence-electron chi connectivity index (χ3n) is 2.73. The van der Waals surface area contributed by atoms with E-state index in [0.717, 1.165) is 25.3 Å². The summed E-state index contributed by atoms with van der Waals surface area (Å²) < 4.78 is 36.4. The summed E-state index contributed by atoms with van der Waals surface area (Å²) in [5.74, 6) is -3.33. The van der Waals surface area contributed by atoms with Crippen molar-refractivity contribution >= 4 is 11.9 Å². The van der Waals surface area contributed by atoms with E-state index in [4.69, 9.17) is 4.42 Å². The molecule has 5 nitrogen and oxygen atoms in total. The molecule has 0 aliphatic rings. The van der Waals surface area contributed by atoms with E-state index in [-0.39, 0.29) is 11.3 Å². The predicted molar refractivity (Wildman–Crippen MR) is 67.3 cm³/mol. The van der Waals surface area contributed by atoms with Crippen molar-refractivity contribution in [2.24, 2.45) is 0 Å².